The molecule has 0 saturated heterocycles. The van der Waals surface area contributed by atoms with Crippen molar-refractivity contribution in [3.63, 3.8) is 0 Å². The number of hydrogen-bond donors (Lipinski definition) is 0. The van der Waals surface area contributed by atoms with Gasteiger partial charge in [-0.15, -0.1) is 11.3 Å². The van der Waals surface area contributed by atoms with E-state index in [4.69, 9.17) is 4.42 Å². The van der Waals surface area contributed by atoms with Crippen molar-refractivity contribution in [2.45, 2.75) is 0 Å². The lowest BCUT2D eigenvalue weighted by atomic mass is 10.0. The Morgan fingerprint density at radius 3 is 1.94 bits per heavy atom. The molecule has 0 aliphatic carbocycles. The highest BCUT2D eigenvalue weighted by atomic mass is 32.1. The predicted octanol–water partition coefficient (Wildman–Crippen LogP) is 13.7. The third kappa shape index (κ3) is 4.03. The first-order valence-corrected chi connectivity index (χ1v) is 17.7. The zero-order chi connectivity index (χ0) is 32.8. The summed E-state index contributed by atoms with van der Waals surface area (Å²) in [6.07, 6.45) is 0. The van der Waals surface area contributed by atoms with Crippen molar-refractivity contribution >= 4 is 103 Å². The van der Waals surface area contributed by atoms with Crippen LogP contribution in [-0.2, 0) is 0 Å². The molecule has 11 aromatic rings. The van der Waals surface area contributed by atoms with Gasteiger partial charge >= 0.3 is 0 Å². The van der Waals surface area contributed by atoms with Crippen molar-refractivity contribution in [3.8, 4) is 5.69 Å². The Kier molecular flexibility index (Phi) is 5.83. The van der Waals surface area contributed by atoms with Crippen LogP contribution in [0.25, 0.3) is 80.4 Å². The zero-order valence-corrected chi connectivity index (χ0v) is 27.7. The summed E-state index contributed by atoms with van der Waals surface area (Å²) < 4.78 is 11.4. The number of fused-ring (bicyclic) bond motifs is 11. The lowest BCUT2D eigenvalue weighted by Gasteiger charge is -2.26. The number of rotatable bonds is 4. The summed E-state index contributed by atoms with van der Waals surface area (Å²) in [6, 6.07) is 61.3. The highest BCUT2D eigenvalue weighted by Crippen LogP contribution is 2.44. The maximum Gasteiger partial charge on any atom is 0.137 e. The minimum Gasteiger partial charge on any atom is -0.456 e. The fourth-order valence-electron chi connectivity index (χ4n) is 7.91. The van der Waals surface area contributed by atoms with Gasteiger partial charge in [-0.2, -0.15) is 0 Å². The first-order chi connectivity index (χ1) is 24.8. The molecule has 3 heterocycles. The van der Waals surface area contributed by atoms with E-state index in [1.165, 1.54) is 52.8 Å². The maximum atomic E-state index is 6.42. The number of benzene rings is 8. The van der Waals surface area contributed by atoms with E-state index < -0.39 is 0 Å². The molecule has 0 atom stereocenters. The fraction of sp³-hybridized carbons (Fsp3) is 0. The Balaban J connectivity index is 1.20. The largest absolute Gasteiger partial charge is 0.456 e. The van der Waals surface area contributed by atoms with E-state index in [0.717, 1.165) is 44.7 Å². The monoisotopic (exact) mass is 656 g/mol. The molecule has 0 spiro atoms. The quantitative estimate of drug-likeness (QED) is 0.188. The number of hydrogen-bond acceptors (Lipinski definition) is 3. The molecule has 0 aliphatic rings. The molecule has 3 aromatic heterocycles. The van der Waals surface area contributed by atoms with Gasteiger partial charge in [-0.25, -0.2) is 0 Å². The second kappa shape index (κ2) is 10.6. The summed E-state index contributed by atoms with van der Waals surface area (Å²) in [5, 5.41) is 9.75. The van der Waals surface area contributed by atoms with Crippen molar-refractivity contribution in [2.24, 2.45) is 0 Å². The minimum atomic E-state index is 0.879. The van der Waals surface area contributed by atoms with E-state index in [2.05, 4.69) is 167 Å². The van der Waals surface area contributed by atoms with Gasteiger partial charge in [0.1, 0.15) is 11.2 Å². The van der Waals surface area contributed by atoms with Gasteiger partial charge < -0.3 is 13.9 Å². The summed E-state index contributed by atoms with van der Waals surface area (Å²) in [4.78, 5) is 2.38. The van der Waals surface area contributed by atoms with Crippen molar-refractivity contribution in [2.75, 3.05) is 4.90 Å². The topological polar surface area (TPSA) is 21.3 Å². The molecule has 11 rings (SSSR count). The summed E-state index contributed by atoms with van der Waals surface area (Å²) in [5.74, 6) is 0. The van der Waals surface area contributed by atoms with Crippen molar-refractivity contribution < 1.29 is 4.42 Å². The van der Waals surface area contributed by atoms with Crippen molar-refractivity contribution in [3.05, 3.63) is 170 Å². The van der Waals surface area contributed by atoms with Crippen LogP contribution in [0.15, 0.2) is 174 Å². The molecule has 0 radical (unpaired) electrons. The molecule has 0 aliphatic heterocycles. The van der Waals surface area contributed by atoms with Gasteiger partial charge in [0.2, 0.25) is 0 Å². The van der Waals surface area contributed by atoms with Crippen molar-refractivity contribution in [1.29, 1.82) is 0 Å². The van der Waals surface area contributed by atoms with Gasteiger partial charge in [-0.1, -0.05) is 97.1 Å². The molecule has 0 amide bonds. The molecule has 0 bridgehead atoms. The van der Waals surface area contributed by atoms with Gasteiger partial charge in [0.25, 0.3) is 0 Å². The van der Waals surface area contributed by atoms with E-state index in [1.807, 2.05) is 23.5 Å². The summed E-state index contributed by atoms with van der Waals surface area (Å²) in [7, 11) is 0. The van der Waals surface area contributed by atoms with E-state index in [9.17, 15) is 0 Å². The SMILES string of the molecule is c1ccc(-n2c3ccccc3c3ccc4ccc(N(c5ccc6c(c5)oc5ccccc56)c5ccc6c(c5)sc5ccccc56)cc4c32)cc1. The molecule has 0 N–H and O–H groups in total. The molecular weight excluding hydrogens is 629 g/mol. The van der Waals surface area contributed by atoms with Crippen LogP contribution in [0.2, 0.25) is 0 Å². The van der Waals surface area contributed by atoms with Crippen LogP contribution in [0.4, 0.5) is 17.1 Å². The number of furan rings is 1. The molecule has 50 heavy (non-hydrogen) atoms. The number of anilines is 3. The molecule has 4 heteroatoms. The summed E-state index contributed by atoms with van der Waals surface area (Å²) in [5.41, 5.74) is 8.59. The smallest absolute Gasteiger partial charge is 0.137 e. The first-order valence-electron chi connectivity index (χ1n) is 16.9. The van der Waals surface area contributed by atoms with Crippen LogP contribution in [0.1, 0.15) is 0 Å². The van der Waals surface area contributed by atoms with Crippen LogP contribution >= 0.6 is 11.3 Å². The summed E-state index contributed by atoms with van der Waals surface area (Å²) >= 11 is 1.85. The molecule has 0 saturated carbocycles. The molecule has 3 nitrogen and oxygen atoms in total. The van der Waals surface area contributed by atoms with Crippen LogP contribution in [0.5, 0.6) is 0 Å². The molecule has 8 aromatic carbocycles. The Labute approximate surface area is 291 Å². The third-order valence-corrected chi connectivity index (χ3v) is 11.3. The lowest BCUT2D eigenvalue weighted by molar-refractivity contribution is 0.669. The minimum absolute atomic E-state index is 0.879. The Morgan fingerprint density at radius 2 is 1.04 bits per heavy atom. The second-order valence-electron chi connectivity index (χ2n) is 12.9. The van der Waals surface area contributed by atoms with Gasteiger partial charge in [-0.3, -0.25) is 0 Å². The van der Waals surface area contributed by atoms with E-state index in [-0.39, 0.29) is 0 Å². The number of thiophene rings is 1. The van der Waals surface area contributed by atoms with Crippen LogP contribution in [0.3, 0.4) is 0 Å². The van der Waals surface area contributed by atoms with Crippen LogP contribution < -0.4 is 4.90 Å². The van der Waals surface area contributed by atoms with Gasteiger partial charge in [0.15, 0.2) is 0 Å². The molecular formula is C46H28N2OS. The van der Waals surface area contributed by atoms with E-state index in [1.54, 1.807) is 0 Å². The molecule has 234 valence electrons. The highest BCUT2D eigenvalue weighted by molar-refractivity contribution is 7.25. The fourth-order valence-corrected chi connectivity index (χ4v) is 9.04. The Bertz CT molecular complexity index is 3000. The maximum absolute atomic E-state index is 6.42. The Hall–Kier alpha value is -6.36. The van der Waals surface area contributed by atoms with E-state index in [0.29, 0.717) is 0 Å². The van der Waals surface area contributed by atoms with Gasteiger partial charge in [-0.05, 0) is 72.1 Å². The van der Waals surface area contributed by atoms with Crippen LogP contribution in [0, 0.1) is 0 Å². The molecule has 0 unspecified atom stereocenters. The average molecular weight is 657 g/mol. The van der Waals surface area contributed by atoms with E-state index >= 15 is 0 Å². The number of para-hydroxylation sites is 3. The second-order valence-corrected chi connectivity index (χ2v) is 14.0. The van der Waals surface area contributed by atoms with Gasteiger partial charge in [0, 0.05) is 75.9 Å². The zero-order valence-electron chi connectivity index (χ0n) is 26.9. The summed E-state index contributed by atoms with van der Waals surface area (Å²) in [6.45, 7) is 0. The van der Waals surface area contributed by atoms with Gasteiger partial charge in [0.05, 0.1) is 11.0 Å². The van der Waals surface area contributed by atoms with Crippen LogP contribution in [-0.4, -0.2) is 4.57 Å². The third-order valence-electron chi connectivity index (χ3n) is 10.1. The molecule has 0 fully saturated rings. The normalized spacial score (nSPS) is 12.0. The highest BCUT2D eigenvalue weighted by Gasteiger charge is 2.20. The standard InChI is InChI=1S/C46H28N2OS/c1-2-10-30(11-3-1)48-41-15-7-4-12-34(41)39-23-19-29-18-20-31(26-40(29)46(39)48)47(32-21-24-36-35-13-5-8-16-42(35)49-43(36)27-32)33-22-25-38-37-14-6-9-17-44(37)50-45(38)28-33/h1-28H. The lowest BCUT2D eigenvalue weighted by Crippen LogP contribution is -2.09. The average Bonchev–Trinajstić information content (AvgIpc) is 3.84. The predicted molar refractivity (Wildman–Crippen MR) is 213 cm³/mol. The van der Waals surface area contributed by atoms with Crippen molar-refractivity contribution in [1.82, 2.24) is 4.57 Å². The number of aromatic nitrogens is 1. The first kappa shape index (κ1) is 27.6. The number of nitrogens with zero attached hydrogens (tertiary/aromatic N) is 2. The Morgan fingerprint density at radius 1 is 0.420 bits per heavy atom.